The van der Waals surface area contributed by atoms with Crippen molar-refractivity contribution in [2.45, 2.75) is 0 Å². The molecule has 0 saturated carbocycles. The van der Waals surface area contributed by atoms with E-state index >= 15 is 0 Å². The molecule has 0 heterocycles. The molecule has 0 aliphatic rings. The number of phenolic OH excluding ortho intramolecular Hbond substituents is 1. The summed E-state index contributed by atoms with van der Waals surface area (Å²) in [6, 6.07) is 24.6. The predicted molar refractivity (Wildman–Crippen MR) is 80.1 cm³/mol. The Hall–Kier alpha value is -2.74. The van der Waals surface area contributed by atoms with Crippen molar-refractivity contribution in [1.82, 2.24) is 0 Å². The van der Waals surface area contributed by atoms with Crippen LogP contribution in [0, 0.1) is 0 Å². The molecule has 2 nitrogen and oxygen atoms in total. The molecule has 3 rings (SSSR count). The van der Waals surface area contributed by atoms with E-state index in [0.29, 0.717) is 5.75 Å². The van der Waals surface area contributed by atoms with E-state index in [1.807, 2.05) is 66.7 Å². The highest BCUT2D eigenvalue weighted by atomic mass is 16.5. The Bertz CT molecular complexity index is 691. The molecule has 0 aliphatic carbocycles. The summed E-state index contributed by atoms with van der Waals surface area (Å²) in [7, 11) is 0. The number of hydrogen-bond acceptors (Lipinski definition) is 2. The Morgan fingerprint density at radius 2 is 1.30 bits per heavy atom. The minimum Gasteiger partial charge on any atom is -0.507 e. The molecule has 0 unspecified atom stereocenters. The third kappa shape index (κ3) is 2.64. The number of para-hydroxylation sites is 1. The van der Waals surface area contributed by atoms with Crippen LogP contribution in [0.3, 0.4) is 0 Å². The SMILES string of the molecule is Oc1ccc(Oc2ccccc2)cc1-c1ccccc1. The van der Waals surface area contributed by atoms with Crippen molar-refractivity contribution in [2.75, 3.05) is 0 Å². The molecule has 0 aliphatic heterocycles. The van der Waals surface area contributed by atoms with Crippen LogP contribution in [0.15, 0.2) is 78.9 Å². The van der Waals surface area contributed by atoms with E-state index in [0.717, 1.165) is 16.9 Å². The van der Waals surface area contributed by atoms with E-state index in [2.05, 4.69) is 0 Å². The van der Waals surface area contributed by atoms with Gasteiger partial charge in [-0.2, -0.15) is 0 Å². The fourth-order valence-corrected chi connectivity index (χ4v) is 2.05. The Balaban J connectivity index is 1.95. The molecule has 0 spiro atoms. The van der Waals surface area contributed by atoms with Crippen LogP contribution >= 0.6 is 0 Å². The van der Waals surface area contributed by atoms with Crippen LogP contribution in [0.5, 0.6) is 17.2 Å². The summed E-state index contributed by atoms with van der Waals surface area (Å²) in [5, 5.41) is 10.00. The highest BCUT2D eigenvalue weighted by Crippen LogP contribution is 2.34. The molecule has 0 amide bonds. The number of phenols is 1. The number of ether oxygens (including phenoxy) is 1. The van der Waals surface area contributed by atoms with Crippen molar-refractivity contribution in [2.24, 2.45) is 0 Å². The molecule has 98 valence electrons. The van der Waals surface area contributed by atoms with Crippen molar-refractivity contribution in [1.29, 1.82) is 0 Å². The number of rotatable bonds is 3. The zero-order valence-electron chi connectivity index (χ0n) is 10.9. The molecule has 3 aromatic carbocycles. The number of hydrogen-bond donors (Lipinski definition) is 1. The van der Waals surface area contributed by atoms with Crippen LogP contribution in [-0.4, -0.2) is 5.11 Å². The third-order valence-corrected chi connectivity index (χ3v) is 3.03. The minimum absolute atomic E-state index is 0.247. The van der Waals surface area contributed by atoms with E-state index in [1.165, 1.54) is 0 Å². The molecule has 0 saturated heterocycles. The van der Waals surface area contributed by atoms with Gasteiger partial charge in [0.15, 0.2) is 0 Å². The molecule has 0 aromatic heterocycles. The summed E-state index contributed by atoms with van der Waals surface area (Å²) in [6.45, 7) is 0. The molecule has 3 aromatic rings. The summed E-state index contributed by atoms with van der Waals surface area (Å²) in [5.41, 5.74) is 1.72. The smallest absolute Gasteiger partial charge is 0.128 e. The van der Waals surface area contributed by atoms with Crippen LogP contribution in [0.2, 0.25) is 0 Å². The fraction of sp³-hybridized carbons (Fsp3) is 0. The summed E-state index contributed by atoms with van der Waals surface area (Å²) >= 11 is 0. The maximum absolute atomic E-state index is 10.00. The second-order valence-electron chi connectivity index (χ2n) is 4.46. The summed E-state index contributed by atoms with van der Waals surface area (Å²) in [4.78, 5) is 0. The maximum atomic E-state index is 10.00. The van der Waals surface area contributed by atoms with Gasteiger partial charge in [0.25, 0.3) is 0 Å². The first-order valence-corrected chi connectivity index (χ1v) is 6.44. The van der Waals surface area contributed by atoms with Crippen LogP contribution < -0.4 is 4.74 Å². The number of aromatic hydroxyl groups is 1. The summed E-state index contributed by atoms with van der Waals surface area (Å²) < 4.78 is 5.78. The molecule has 2 heteroatoms. The van der Waals surface area contributed by atoms with Gasteiger partial charge in [-0.05, 0) is 35.9 Å². The predicted octanol–water partition coefficient (Wildman–Crippen LogP) is 4.85. The van der Waals surface area contributed by atoms with E-state index in [4.69, 9.17) is 4.74 Å². The standard InChI is InChI=1S/C18H14O2/c19-18-12-11-16(20-15-9-5-2-6-10-15)13-17(18)14-7-3-1-4-8-14/h1-13,19H. The van der Waals surface area contributed by atoms with Gasteiger partial charge in [-0.3, -0.25) is 0 Å². The highest BCUT2D eigenvalue weighted by molar-refractivity contribution is 5.71. The van der Waals surface area contributed by atoms with Crippen LogP contribution in [0.4, 0.5) is 0 Å². The Labute approximate surface area is 117 Å². The van der Waals surface area contributed by atoms with Gasteiger partial charge in [-0.15, -0.1) is 0 Å². The van der Waals surface area contributed by atoms with Gasteiger partial charge in [-0.1, -0.05) is 48.5 Å². The molecular weight excluding hydrogens is 248 g/mol. The average Bonchev–Trinajstić information content (AvgIpc) is 2.51. The molecule has 0 fully saturated rings. The Morgan fingerprint density at radius 3 is 2.00 bits per heavy atom. The minimum atomic E-state index is 0.247. The quantitative estimate of drug-likeness (QED) is 0.731. The van der Waals surface area contributed by atoms with Gasteiger partial charge in [0.05, 0.1) is 0 Å². The average molecular weight is 262 g/mol. The van der Waals surface area contributed by atoms with Gasteiger partial charge in [0.2, 0.25) is 0 Å². The van der Waals surface area contributed by atoms with Gasteiger partial charge in [0, 0.05) is 5.56 Å². The highest BCUT2D eigenvalue weighted by Gasteiger charge is 2.06. The monoisotopic (exact) mass is 262 g/mol. The number of benzene rings is 3. The van der Waals surface area contributed by atoms with Crippen LogP contribution in [-0.2, 0) is 0 Å². The molecular formula is C18H14O2. The Morgan fingerprint density at radius 1 is 0.650 bits per heavy atom. The van der Waals surface area contributed by atoms with Crippen molar-refractivity contribution < 1.29 is 9.84 Å². The lowest BCUT2D eigenvalue weighted by Crippen LogP contribution is -1.85. The molecule has 1 N–H and O–H groups in total. The zero-order chi connectivity index (χ0) is 13.8. The van der Waals surface area contributed by atoms with Crippen LogP contribution in [0.1, 0.15) is 0 Å². The first kappa shape index (κ1) is 12.3. The van der Waals surface area contributed by atoms with Gasteiger partial charge in [0.1, 0.15) is 17.2 Å². The molecule has 0 atom stereocenters. The van der Waals surface area contributed by atoms with Crippen molar-refractivity contribution >= 4 is 0 Å². The normalized spacial score (nSPS) is 10.2. The first-order chi connectivity index (χ1) is 9.83. The van der Waals surface area contributed by atoms with Gasteiger partial charge in [-0.25, -0.2) is 0 Å². The second kappa shape index (κ2) is 5.49. The largest absolute Gasteiger partial charge is 0.507 e. The van der Waals surface area contributed by atoms with E-state index < -0.39 is 0 Å². The lowest BCUT2D eigenvalue weighted by Gasteiger charge is -2.09. The van der Waals surface area contributed by atoms with E-state index in [9.17, 15) is 5.11 Å². The maximum Gasteiger partial charge on any atom is 0.128 e. The molecule has 0 radical (unpaired) electrons. The first-order valence-electron chi connectivity index (χ1n) is 6.44. The Kier molecular flexibility index (Phi) is 3.38. The van der Waals surface area contributed by atoms with Gasteiger partial charge >= 0.3 is 0 Å². The summed E-state index contributed by atoms with van der Waals surface area (Å²) in [5.74, 6) is 1.72. The lowest BCUT2D eigenvalue weighted by atomic mass is 10.0. The zero-order valence-corrected chi connectivity index (χ0v) is 10.9. The molecule has 20 heavy (non-hydrogen) atoms. The third-order valence-electron chi connectivity index (χ3n) is 3.03. The van der Waals surface area contributed by atoms with Crippen LogP contribution in [0.25, 0.3) is 11.1 Å². The summed E-state index contributed by atoms with van der Waals surface area (Å²) in [6.07, 6.45) is 0. The van der Waals surface area contributed by atoms with Gasteiger partial charge < -0.3 is 9.84 Å². The molecule has 0 bridgehead atoms. The lowest BCUT2D eigenvalue weighted by molar-refractivity contribution is 0.466. The second-order valence-corrected chi connectivity index (χ2v) is 4.46. The van der Waals surface area contributed by atoms with Crippen molar-refractivity contribution in [3.8, 4) is 28.4 Å². The van der Waals surface area contributed by atoms with E-state index in [1.54, 1.807) is 12.1 Å². The van der Waals surface area contributed by atoms with Crippen molar-refractivity contribution in [3.05, 3.63) is 78.9 Å². The van der Waals surface area contributed by atoms with Crippen molar-refractivity contribution in [3.63, 3.8) is 0 Å². The van der Waals surface area contributed by atoms with E-state index in [-0.39, 0.29) is 5.75 Å². The fourth-order valence-electron chi connectivity index (χ4n) is 2.05. The topological polar surface area (TPSA) is 29.5 Å².